The summed E-state index contributed by atoms with van der Waals surface area (Å²) in [7, 11) is 0. The van der Waals surface area contributed by atoms with E-state index in [1.807, 2.05) is 19.1 Å². The molecule has 6 nitrogen and oxygen atoms in total. The molecule has 0 amide bonds. The van der Waals surface area contributed by atoms with Crippen molar-refractivity contribution in [1.82, 2.24) is 24.9 Å². The Balaban J connectivity index is 1.70. The van der Waals surface area contributed by atoms with Crippen molar-refractivity contribution in [3.8, 4) is 11.8 Å². The van der Waals surface area contributed by atoms with Gasteiger partial charge in [-0.25, -0.2) is 4.98 Å². The van der Waals surface area contributed by atoms with E-state index in [2.05, 4.69) is 24.9 Å². The molecule has 7 heteroatoms. The van der Waals surface area contributed by atoms with Crippen LogP contribution in [0.15, 0.2) is 36.8 Å². The quantitative estimate of drug-likeness (QED) is 0.618. The number of halogens is 1. The van der Waals surface area contributed by atoms with Crippen molar-refractivity contribution in [3.63, 3.8) is 0 Å². The smallest absolute Gasteiger partial charge is 0.323 e. The first-order valence-corrected chi connectivity index (χ1v) is 7.54. The molecule has 0 saturated carbocycles. The Bertz CT molecular complexity index is 1010. The first-order valence-electron chi connectivity index (χ1n) is 7.16. The summed E-state index contributed by atoms with van der Waals surface area (Å²) in [5.41, 5.74) is 3.16. The highest BCUT2D eigenvalue weighted by molar-refractivity contribution is 6.36. The highest BCUT2D eigenvalue weighted by atomic mass is 35.5. The van der Waals surface area contributed by atoms with Crippen LogP contribution in [0.3, 0.4) is 0 Å². The number of benzene rings is 1. The number of hydrogen-bond acceptors (Lipinski definition) is 5. The largest absolute Gasteiger partial charge is 0.424 e. The molecule has 0 aliphatic rings. The molecule has 3 aromatic heterocycles. The molecule has 0 atom stereocenters. The van der Waals surface area contributed by atoms with Crippen LogP contribution >= 0.6 is 11.6 Å². The number of fused-ring (bicyclic) bond motifs is 2. The second-order valence-electron chi connectivity index (χ2n) is 4.99. The van der Waals surface area contributed by atoms with Gasteiger partial charge in [-0.1, -0.05) is 18.5 Å². The monoisotopic (exact) mass is 325 g/mol. The molecule has 23 heavy (non-hydrogen) atoms. The van der Waals surface area contributed by atoms with Gasteiger partial charge in [0.2, 0.25) is 0 Å². The van der Waals surface area contributed by atoms with Crippen molar-refractivity contribution in [2.24, 2.45) is 0 Å². The van der Waals surface area contributed by atoms with Crippen LogP contribution in [0.4, 0.5) is 0 Å². The van der Waals surface area contributed by atoms with E-state index in [0.29, 0.717) is 16.4 Å². The summed E-state index contributed by atoms with van der Waals surface area (Å²) in [6.07, 6.45) is 5.76. The second kappa shape index (κ2) is 5.48. The first-order chi connectivity index (χ1) is 11.2. The molecular weight excluding hydrogens is 314 g/mol. The van der Waals surface area contributed by atoms with Crippen molar-refractivity contribution < 1.29 is 4.74 Å². The molecule has 1 N–H and O–H groups in total. The van der Waals surface area contributed by atoms with Gasteiger partial charge in [-0.05, 0) is 18.6 Å². The third-order valence-electron chi connectivity index (χ3n) is 3.54. The molecular formula is C16H12ClN5O. The van der Waals surface area contributed by atoms with Crippen molar-refractivity contribution in [2.75, 3.05) is 0 Å². The Labute approximate surface area is 136 Å². The van der Waals surface area contributed by atoms with Gasteiger partial charge in [0.1, 0.15) is 11.4 Å². The van der Waals surface area contributed by atoms with Crippen LogP contribution in [0, 0.1) is 0 Å². The number of aryl methyl sites for hydroxylation is 1. The fraction of sp³-hybridized carbons (Fsp3) is 0.125. The SMILES string of the molecule is CCc1[nH]c2nc(Oc3ccc4nccnc4c3)ncc2c1Cl. The molecule has 0 aliphatic carbocycles. The zero-order valence-corrected chi connectivity index (χ0v) is 13.0. The molecule has 0 radical (unpaired) electrons. The molecule has 0 unspecified atom stereocenters. The van der Waals surface area contributed by atoms with E-state index in [1.54, 1.807) is 24.7 Å². The highest BCUT2D eigenvalue weighted by Gasteiger charge is 2.11. The van der Waals surface area contributed by atoms with Gasteiger partial charge in [-0.15, -0.1) is 0 Å². The van der Waals surface area contributed by atoms with E-state index in [1.165, 1.54) is 0 Å². The molecule has 0 fully saturated rings. The molecule has 0 bridgehead atoms. The van der Waals surface area contributed by atoms with Gasteiger partial charge in [-0.2, -0.15) is 4.98 Å². The molecule has 114 valence electrons. The highest BCUT2D eigenvalue weighted by Crippen LogP contribution is 2.28. The van der Waals surface area contributed by atoms with Crippen molar-refractivity contribution >= 4 is 33.7 Å². The van der Waals surface area contributed by atoms with Crippen LogP contribution in [0.1, 0.15) is 12.6 Å². The maximum absolute atomic E-state index is 6.27. The van der Waals surface area contributed by atoms with E-state index < -0.39 is 0 Å². The number of nitrogens with zero attached hydrogens (tertiary/aromatic N) is 4. The zero-order chi connectivity index (χ0) is 15.8. The van der Waals surface area contributed by atoms with E-state index in [0.717, 1.165) is 28.5 Å². The lowest BCUT2D eigenvalue weighted by Crippen LogP contribution is -1.92. The number of hydrogen-bond donors (Lipinski definition) is 1. The van der Waals surface area contributed by atoms with E-state index >= 15 is 0 Å². The topological polar surface area (TPSA) is 76.6 Å². The minimum atomic E-state index is 0.251. The van der Waals surface area contributed by atoms with Crippen LogP contribution in [-0.4, -0.2) is 24.9 Å². The normalized spacial score (nSPS) is 11.2. The maximum Gasteiger partial charge on any atom is 0.323 e. The van der Waals surface area contributed by atoms with Gasteiger partial charge in [0.25, 0.3) is 0 Å². The van der Waals surface area contributed by atoms with Gasteiger partial charge in [-0.3, -0.25) is 9.97 Å². The summed E-state index contributed by atoms with van der Waals surface area (Å²) in [5, 5.41) is 1.45. The summed E-state index contributed by atoms with van der Waals surface area (Å²) in [6.45, 7) is 2.03. The predicted octanol–water partition coefficient (Wildman–Crippen LogP) is 3.91. The minimum Gasteiger partial charge on any atom is -0.424 e. The summed E-state index contributed by atoms with van der Waals surface area (Å²) < 4.78 is 5.72. The lowest BCUT2D eigenvalue weighted by molar-refractivity contribution is 0.444. The van der Waals surface area contributed by atoms with E-state index in [-0.39, 0.29) is 6.01 Å². The number of rotatable bonds is 3. The van der Waals surface area contributed by atoms with E-state index in [9.17, 15) is 0 Å². The van der Waals surface area contributed by atoms with Crippen LogP contribution in [0.25, 0.3) is 22.1 Å². The average molecular weight is 326 g/mol. The summed E-state index contributed by atoms with van der Waals surface area (Å²) >= 11 is 6.27. The fourth-order valence-corrected chi connectivity index (χ4v) is 2.71. The Morgan fingerprint density at radius 2 is 1.96 bits per heavy atom. The number of aromatic nitrogens is 5. The Morgan fingerprint density at radius 3 is 2.78 bits per heavy atom. The number of ether oxygens (including phenoxy) is 1. The van der Waals surface area contributed by atoms with Gasteiger partial charge < -0.3 is 9.72 Å². The average Bonchev–Trinajstić information content (AvgIpc) is 2.90. The van der Waals surface area contributed by atoms with Crippen LogP contribution in [0.2, 0.25) is 5.02 Å². The molecule has 1 aromatic carbocycles. The zero-order valence-electron chi connectivity index (χ0n) is 12.2. The molecule has 3 heterocycles. The molecule has 0 aliphatic heterocycles. The molecule has 4 aromatic rings. The maximum atomic E-state index is 6.27. The lowest BCUT2D eigenvalue weighted by atomic mass is 10.3. The number of H-pyrrole nitrogens is 1. The van der Waals surface area contributed by atoms with Crippen LogP contribution < -0.4 is 4.74 Å². The van der Waals surface area contributed by atoms with Gasteiger partial charge in [0, 0.05) is 30.4 Å². The standard InChI is InChI=1S/C16H12ClN5O/c1-2-11-14(17)10-8-20-16(22-15(10)21-11)23-9-3-4-12-13(7-9)19-6-5-18-12/h3-8H,2H2,1H3,(H,20,21,22). The first kappa shape index (κ1) is 13.9. The number of nitrogens with one attached hydrogen (secondary N) is 1. The van der Waals surface area contributed by atoms with E-state index in [4.69, 9.17) is 16.3 Å². The third kappa shape index (κ3) is 2.47. The summed E-state index contributed by atoms with van der Waals surface area (Å²) in [6, 6.07) is 5.71. The van der Waals surface area contributed by atoms with Gasteiger partial charge in [0.05, 0.1) is 21.4 Å². The summed E-state index contributed by atoms with van der Waals surface area (Å²) in [4.78, 5) is 20.2. The molecule has 4 rings (SSSR count). The fourth-order valence-electron chi connectivity index (χ4n) is 2.39. The van der Waals surface area contributed by atoms with Crippen molar-refractivity contribution in [3.05, 3.63) is 47.5 Å². The Morgan fingerprint density at radius 1 is 1.13 bits per heavy atom. The third-order valence-corrected chi connectivity index (χ3v) is 3.97. The van der Waals surface area contributed by atoms with Crippen LogP contribution in [0.5, 0.6) is 11.8 Å². The van der Waals surface area contributed by atoms with Crippen LogP contribution in [-0.2, 0) is 6.42 Å². The van der Waals surface area contributed by atoms with Crippen molar-refractivity contribution in [2.45, 2.75) is 13.3 Å². The molecule has 0 spiro atoms. The second-order valence-corrected chi connectivity index (χ2v) is 5.37. The molecule has 0 saturated heterocycles. The van der Waals surface area contributed by atoms with Crippen molar-refractivity contribution in [1.29, 1.82) is 0 Å². The predicted molar refractivity (Wildman–Crippen MR) is 87.9 cm³/mol. The minimum absolute atomic E-state index is 0.251. The number of aromatic amines is 1. The lowest BCUT2D eigenvalue weighted by Gasteiger charge is -2.04. The Hall–Kier alpha value is -2.73. The Kier molecular flexibility index (Phi) is 3.31. The van der Waals surface area contributed by atoms with Gasteiger partial charge >= 0.3 is 6.01 Å². The van der Waals surface area contributed by atoms with Gasteiger partial charge in [0.15, 0.2) is 0 Å². The summed E-state index contributed by atoms with van der Waals surface area (Å²) in [5.74, 6) is 0.603.